The summed E-state index contributed by atoms with van der Waals surface area (Å²) < 4.78 is 0. The molecule has 0 unspecified atom stereocenters. The average molecular weight is 385 g/mol. The number of carbonyl (C=O) groups excluding carboxylic acids is 2. The van der Waals surface area contributed by atoms with Crippen molar-refractivity contribution in [2.24, 2.45) is 5.92 Å². The molecule has 2 N–H and O–H groups in total. The van der Waals surface area contributed by atoms with Crippen molar-refractivity contribution < 1.29 is 9.59 Å². The average Bonchev–Trinajstić information content (AvgIpc) is 2.53. The second-order valence-electron chi connectivity index (χ2n) is 5.63. The van der Waals surface area contributed by atoms with Crippen molar-refractivity contribution in [2.75, 3.05) is 25.5 Å². The highest BCUT2D eigenvalue weighted by molar-refractivity contribution is 9.09. The topological polar surface area (TPSA) is 64.7 Å². The van der Waals surface area contributed by atoms with E-state index in [0.717, 1.165) is 12.1 Å². The molecule has 0 saturated heterocycles. The predicted molar refractivity (Wildman–Crippen MR) is 94.4 cm³/mol. The molecule has 0 aliphatic heterocycles. The fourth-order valence-corrected chi connectivity index (χ4v) is 2.19. The van der Waals surface area contributed by atoms with Crippen LogP contribution in [0.5, 0.6) is 0 Å². The second kappa shape index (κ2) is 10.4. The van der Waals surface area contributed by atoms with Crippen molar-refractivity contribution >= 4 is 27.7 Å². The maximum Gasteiger partial charge on any atom is 0.256 e. The van der Waals surface area contributed by atoms with Crippen LogP contribution < -0.4 is 10.9 Å². The Hall–Kier alpha value is -1.44. The highest BCUT2D eigenvalue weighted by atomic mass is 79.9. The molecule has 0 aromatic heterocycles. The van der Waals surface area contributed by atoms with Crippen molar-refractivity contribution in [3.63, 3.8) is 0 Å². The van der Waals surface area contributed by atoms with Crippen molar-refractivity contribution in [1.82, 2.24) is 20.9 Å². The Morgan fingerprint density at radius 2 is 1.87 bits per heavy atom. The van der Waals surface area contributed by atoms with Gasteiger partial charge in [0.05, 0.1) is 18.4 Å². The summed E-state index contributed by atoms with van der Waals surface area (Å²) in [5.41, 5.74) is 6.61. The van der Waals surface area contributed by atoms with Gasteiger partial charge in [0, 0.05) is 6.54 Å². The fraction of sp³-hybridized carbons (Fsp3) is 0.500. The van der Waals surface area contributed by atoms with Crippen LogP contribution in [0.1, 0.15) is 19.4 Å². The quantitative estimate of drug-likeness (QED) is 0.526. The van der Waals surface area contributed by atoms with Gasteiger partial charge in [-0.15, -0.1) is 0 Å². The number of alkyl halides is 1. The number of carbonyl (C=O) groups is 2. The largest absolute Gasteiger partial charge is 0.272 e. The molecule has 0 fully saturated rings. The molecule has 128 valence electrons. The summed E-state index contributed by atoms with van der Waals surface area (Å²) in [5.74, 6) is 0.00209. The van der Waals surface area contributed by atoms with Crippen molar-refractivity contribution in [2.45, 2.75) is 20.4 Å². The number of amides is 2. The van der Waals surface area contributed by atoms with Gasteiger partial charge in [0.1, 0.15) is 0 Å². The van der Waals surface area contributed by atoms with Crippen LogP contribution in [0.15, 0.2) is 30.3 Å². The van der Waals surface area contributed by atoms with Gasteiger partial charge in [-0.25, -0.2) is 10.0 Å². The molecule has 7 heteroatoms. The number of rotatable bonds is 8. The molecule has 0 spiro atoms. The Labute approximate surface area is 146 Å². The Kier molecular flexibility index (Phi) is 8.83. The van der Waals surface area contributed by atoms with Gasteiger partial charge in [-0.2, -0.15) is 0 Å². The third-order valence-corrected chi connectivity index (χ3v) is 3.60. The van der Waals surface area contributed by atoms with Gasteiger partial charge < -0.3 is 0 Å². The van der Waals surface area contributed by atoms with Gasteiger partial charge >= 0.3 is 0 Å². The van der Waals surface area contributed by atoms with Crippen LogP contribution in [-0.2, 0) is 16.1 Å². The summed E-state index contributed by atoms with van der Waals surface area (Å²) >= 11 is 3.10. The molecule has 1 aromatic carbocycles. The molecular formula is C16H25BrN4O2. The van der Waals surface area contributed by atoms with Crippen molar-refractivity contribution in [1.29, 1.82) is 0 Å². The summed E-state index contributed by atoms with van der Waals surface area (Å²) in [6.07, 6.45) is 0. The maximum atomic E-state index is 12.6. The van der Waals surface area contributed by atoms with Gasteiger partial charge in [0.15, 0.2) is 0 Å². The van der Waals surface area contributed by atoms with Crippen LogP contribution in [0, 0.1) is 5.92 Å². The van der Waals surface area contributed by atoms with Crippen LogP contribution in [0.3, 0.4) is 0 Å². The van der Waals surface area contributed by atoms with E-state index < -0.39 is 0 Å². The first-order chi connectivity index (χ1) is 11.0. The zero-order valence-corrected chi connectivity index (χ0v) is 15.5. The van der Waals surface area contributed by atoms with Gasteiger partial charge in [0.25, 0.3) is 5.91 Å². The molecule has 0 heterocycles. The maximum absolute atomic E-state index is 12.6. The summed E-state index contributed by atoms with van der Waals surface area (Å²) in [4.78, 5) is 24.2. The third kappa shape index (κ3) is 7.58. The monoisotopic (exact) mass is 384 g/mol. The first-order valence-corrected chi connectivity index (χ1v) is 8.70. The molecular weight excluding hydrogens is 360 g/mol. The van der Waals surface area contributed by atoms with Crippen molar-refractivity contribution in [3.05, 3.63) is 35.9 Å². The van der Waals surface area contributed by atoms with Gasteiger partial charge in [-0.05, 0) is 18.5 Å². The Bertz CT molecular complexity index is 496. The number of hydrazine groups is 2. The van der Waals surface area contributed by atoms with Gasteiger partial charge in [-0.3, -0.25) is 20.4 Å². The first-order valence-electron chi connectivity index (χ1n) is 7.58. The van der Waals surface area contributed by atoms with Crippen LogP contribution in [-0.4, -0.2) is 47.3 Å². The molecule has 0 aliphatic carbocycles. The van der Waals surface area contributed by atoms with E-state index >= 15 is 0 Å². The number of hydrogen-bond donors (Lipinski definition) is 2. The molecule has 23 heavy (non-hydrogen) atoms. The van der Waals surface area contributed by atoms with E-state index in [4.69, 9.17) is 0 Å². The zero-order chi connectivity index (χ0) is 17.2. The highest BCUT2D eigenvalue weighted by Crippen LogP contribution is 2.04. The van der Waals surface area contributed by atoms with Gasteiger partial charge in [0.2, 0.25) is 5.91 Å². The Balaban J connectivity index is 2.77. The molecule has 0 saturated carbocycles. The Morgan fingerprint density at radius 1 is 1.22 bits per heavy atom. The third-order valence-electron chi connectivity index (χ3n) is 3.09. The van der Waals surface area contributed by atoms with Gasteiger partial charge in [-0.1, -0.05) is 60.1 Å². The van der Waals surface area contributed by atoms with E-state index in [1.54, 1.807) is 7.05 Å². The molecule has 2 amide bonds. The van der Waals surface area contributed by atoms with Crippen molar-refractivity contribution in [3.8, 4) is 0 Å². The summed E-state index contributed by atoms with van der Waals surface area (Å²) in [7, 11) is 1.79. The summed E-state index contributed by atoms with van der Waals surface area (Å²) in [6.45, 7) is 5.43. The van der Waals surface area contributed by atoms with E-state index in [9.17, 15) is 9.59 Å². The minimum Gasteiger partial charge on any atom is -0.272 e. The van der Waals surface area contributed by atoms with E-state index in [0.29, 0.717) is 12.5 Å². The SMILES string of the molecule is CNN(CC(=O)N(Cc1ccccc1)NC(=O)CBr)CC(C)C. The number of nitrogens with one attached hydrogen (secondary N) is 2. The molecule has 1 rings (SSSR count). The van der Waals surface area contributed by atoms with Crippen LogP contribution in [0.4, 0.5) is 0 Å². The minimum atomic E-state index is -0.255. The fourth-order valence-electron chi connectivity index (χ4n) is 2.06. The predicted octanol–water partition coefficient (Wildman–Crippen LogP) is 1.53. The lowest BCUT2D eigenvalue weighted by molar-refractivity contribution is -0.142. The van der Waals surface area contributed by atoms with Crippen LogP contribution in [0.25, 0.3) is 0 Å². The summed E-state index contributed by atoms with van der Waals surface area (Å²) in [6, 6.07) is 9.57. The van der Waals surface area contributed by atoms with E-state index in [-0.39, 0.29) is 23.7 Å². The van der Waals surface area contributed by atoms with E-state index in [2.05, 4.69) is 40.6 Å². The zero-order valence-electron chi connectivity index (χ0n) is 13.9. The molecule has 0 bridgehead atoms. The van der Waals surface area contributed by atoms with Crippen LogP contribution in [0.2, 0.25) is 0 Å². The number of hydrogen-bond acceptors (Lipinski definition) is 4. The Morgan fingerprint density at radius 3 is 2.39 bits per heavy atom. The smallest absolute Gasteiger partial charge is 0.256 e. The van der Waals surface area contributed by atoms with E-state index in [1.807, 2.05) is 35.3 Å². The summed E-state index contributed by atoms with van der Waals surface area (Å²) in [5, 5.41) is 3.35. The lowest BCUT2D eigenvalue weighted by atomic mass is 10.2. The first kappa shape index (κ1) is 19.6. The molecule has 0 radical (unpaired) electrons. The van der Waals surface area contributed by atoms with E-state index in [1.165, 1.54) is 5.01 Å². The number of nitrogens with zero attached hydrogens (tertiary/aromatic N) is 2. The normalized spacial score (nSPS) is 10.9. The minimum absolute atomic E-state index is 0.146. The molecule has 0 atom stereocenters. The number of benzene rings is 1. The number of halogens is 1. The lowest BCUT2D eigenvalue weighted by Gasteiger charge is -2.28. The van der Waals surface area contributed by atoms with Crippen LogP contribution >= 0.6 is 15.9 Å². The molecule has 6 nitrogen and oxygen atoms in total. The molecule has 1 aromatic rings. The molecule has 0 aliphatic rings. The highest BCUT2D eigenvalue weighted by Gasteiger charge is 2.19. The lowest BCUT2D eigenvalue weighted by Crippen LogP contribution is -2.52. The standard InChI is InChI=1S/C16H25BrN4O2/c1-13(2)10-20(18-3)12-16(23)21(19-15(22)9-17)11-14-7-5-4-6-8-14/h4-8,13,18H,9-12H2,1-3H3,(H,19,22). The second-order valence-corrected chi connectivity index (χ2v) is 6.19.